The minimum atomic E-state index is -0.456. The van der Waals surface area contributed by atoms with Crippen molar-refractivity contribution in [3.8, 4) is 0 Å². The molecule has 3 nitrogen and oxygen atoms in total. The second kappa shape index (κ2) is 8.34. The monoisotopic (exact) mass is 247 g/mol. The summed E-state index contributed by atoms with van der Waals surface area (Å²) in [6.07, 6.45) is 6.73. The number of allylic oxidation sites excluding steroid dienone is 1. The lowest BCUT2D eigenvalue weighted by Crippen LogP contribution is -2.05. The predicted molar refractivity (Wildman–Crippen MR) is 70.0 cm³/mol. The molecular weight excluding hydrogens is 228 g/mol. The van der Waals surface area contributed by atoms with Gasteiger partial charge in [-0.1, -0.05) is 44.4 Å². The Morgan fingerprint density at radius 3 is 2.56 bits per heavy atom. The van der Waals surface area contributed by atoms with Crippen LogP contribution in [0.3, 0.4) is 0 Å². The number of ether oxygens (including phenoxy) is 1. The first-order valence-corrected chi connectivity index (χ1v) is 6.31. The van der Waals surface area contributed by atoms with E-state index in [0.717, 1.165) is 25.7 Å². The van der Waals surface area contributed by atoms with Gasteiger partial charge in [0.1, 0.15) is 0 Å². The lowest BCUT2D eigenvalue weighted by Gasteiger charge is -2.06. The van der Waals surface area contributed by atoms with Crippen LogP contribution in [0.5, 0.6) is 0 Å². The van der Waals surface area contributed by atoms with Crippen molar-refractivity contribution in [3.63, 3.8) is 0 Å². The summed E-state index contributed by atoms with van der Waals surface area (Å²) >= 11 is 0. The zero-order valence-corrected chi connectivity index (χ0v) is 10.7. The number of aliphatic hydroxyl groups excluding tert-OH is 1. The van der Waals surface area contributed by atoms with Gasteiger partial charge < -0.3 is 9.84 Å². The molecule has 0 spiro atoms. The van der Waals surface area contributed by atoms with E-state index in [1.165, 1.54) is 0 Å². The molecule has 0 saturated carbocycles. The van der Waals surface area contributed by atoms with Gasteiger partial charge in [0.15, 0.2) is 5.76 Å². The first kappa shape index (κ1) is 14.3. The standard InChI is InChI=1S/C15H19O3/c1-2-3-4-8-11-14(12-16)18-15(17)13-9-6-5-7-10-13/h5-7,9-10,16H,2-4,8,11H2,1H3. The summed E-state index contributed by atoms with van der Waals surface area (Å²) in [5.74, 6) is -0.248. The van der Waals surface area contributed by atoms with Gasteiger partial charge in [0.05, 0.1) is 5.56 Å². The molecule has 0 amide bonds. The molecule has 0 aliphatic carbocycles. The van der Waals surface area contributed by atoms with Crippen molar-refractivity contribution >= 4 is 5.97 Å². The average Bonchev–Trinajstić information content (AvgIpc) is 2.43. The van der Waals surface area contributed by atoms with Crippen LogP contribution < -0.4 is 0 Å². The van der Waals surface area contributed by atoms with Crippen LogP contribution in [-0.4, -0.2) is 11.1 Å². The molecule has 0 fully saturated rings. The summed E-state index contributed by atoms with van der Waals surface area (Å²) in [6.45, 7) is 2.13. The van der Waals surface area contributed by atoms with E-state index in [1.54, 1.807) is 24.3 Å². The molecule has 1 aromatic carbocycles. The summed E-state index contributed by atoms with van der Waals surface area (Å²) in [5, 5.41) is 8.91. The number of unbranched alkanes of at least 4 members (excludes halogenated alkanes) is 3. The highest BCUT2D eigenvalue weighted by molar-refractivity contribution is 5.89. The van der Waals surface area contributed by atoms with E-state index in [2.05, 4.69) is 6.92 Å². The molecule has 0 saturated heterocycles. The van der Waals surface area contributed by atoms with Crippen LogP contribution in [0.25, 0.3) is 0 Å². The van der Waals surface area contributed by atoms with Crippen molar-refractivity contribution in [1.29, 1.82) is 0 Å². The number of carbonyl (C=O) groups excluding carboxylic acids is 1. The fourth-order valence-electron chi connectivity index (χ4n) is 1.59. The predicted octanol–water partition coefficient (Wildman–Crippen LogP) is 4.02. The molecule has 1 radical (unpaired) electrons. The van der Waals surface area contributed by atoms with Crippen molar-refractivity contribution in [2.75, 3.05) is 0 Å². The first-order valence-electron chi connectivity index (χ1n) is 6.31. The molecule has 97 valence electrons. The summed E-state index contributed by atoms with van der Waals surface area (Å²) < 4.78 is 5.08. The number of benzene rings is 1. The van der Waals surface area contributed by atoms with Crippen LogP contribution >= 0.6 is 0 Å². The van der Waals surface area contributed by atoms with Crippen LogP contribution in [0.2, 0.25) is 0 Å². The van der Waals surface area contributed by atoms with Gasteiger partial charge in [-0.25, -0.2) is 4.79 Å². The Balaban J connectivity index is 2.42. The lowest BCUT2D eigenvalue weighted by molar-refractivity contribution is 0.0597. The topological polar surface area (TPSA) is 46.5 Å². The Hall–Kier alpha value is -1.77. The highest BCUT2D eigenvalue weighted by Gasteiger charge is 2.10. The Morgan fingerprint density at radius 1 is 1.22 bits per heavy atom. The Labute approximate surface area is 108 Å². The van der Waals surface area contributed by atoms with E-state index in [9.17, 15) is 4.79 Å². The van der Waals surface area contributed by atoms with Gasteiger partial charge in [0.2, 0.25) is 6.26 Å². The van der Waals surface area contributed by atoms with Crippen LogP contribution in [0.4, 0.5) is 0 Å². The van der Waals surface area contributed by atoms with E-state index in [-0.39, 0.29) is 5.76 Å². The van der Waals surface area contributed by atoms with Crippen molar-refractivity contribution in [1.82, 2.24) is 0 Å². The zero-order valence-electron chi connectivity index (χ0n) is 10.7. The molecule has 3 heteroatoms. The van der Waals surface area contributed by atoms with Gasteiger partial charge in [0, 0.05) is 6.42 Å². The maximum absolute atomic E-state index is 11.7. The summed E-state index contributed by atoms with van der Waals surface area (Å²) in [6, 6.07) is 8.72. The number of carbonyl (C=O) groups is 1. The number of hydrogen-bond donors (Lipinski definition) is 1. The van der Waals surface area contributed by atoms with E-state index in [0.29, 0.717) is 12.0 Å². The number of hydrogen-bond acceptors (Lipinski definition) is 3. The number of aliphatic hydroxyl groups is 1. The molecule has 0 bridgehead atoms. The van der Waals surface area contributed by atoms with Gasteiger partial charge >= 0.3 is 5.97 Å². The molecular formula is C15H19O3. The molecule has 0 atom stereocenters. The average molecular weight is 247 g/mol. The maximum atomic E-state index is 11.7. The second-order valence-electron chi connectivity index (χ2n) is 4.10. The molecule has 1 N–H and O–H groups in total. The normalized spacial score (nSPS) is 11.3. The summed E-state index contributed by atoms with van der Waals surface area (Å²) in [5.41, 5.74) is 0.471. The van der Waals surface area contributed by atoms with Crippen LogP contribution in [0.1, 0.15) is 49.4 Å². The van der Waals surface area contributed by atoms with Crippen molar-refractivity contribution in [3.05, 3.63) is 47.9 Å². The maximum Gasteiger partial charge on any atom is 0.343 e. The summed E-state index contributed by atoms with van der Waals surface area (Å²) in [4.78, 5) is 11.7. The molecule has 0 unspecified atom stereocenters. The van der Waals surface area contributed by atoms with E-state index in [4.69, 9.17) is 9.84 Å². The van der Waals surface area contributed by atoms with E-state index in [1.807, 2.05) is 12.3 Å². The van der Waals surface area contributed by atoms with Gasteiger partial charge in [-0.15, -0.1) is 0 Å². The third kappa shape index (κ3) is 5.04. The molecule has 1 aromatic rings. The quantitative estimate of drug-likeness (QED) is 0.450. The Kier molecular flexibility index (Phi) is 6.62. The fraction of sp³-hybridized carbons (Fsp3) is 0.400. The Morgan fingerprint density at radius 2 is 1.94 bits per heavy atom. The van der Waals surface area contributed by atoms with Crippen LogP contribution in [-0.2, 0) is 4.74 Å². The largest absolute Gasteiger partial charge is 0.502 e. The first-order chi connectivity index (χ1) is 8.77. The van der Waals surface area contributed by atoms with Gasteiger partial charge in [-0.2, -0.15) is 0 Å². The van der Waals surface area contributed by atoms with Crippen molar-refractivity contribution in [2.45, 2.75) is 39.0 Å². The van der Waals surface area contributed by atoms with Gasteiger partial charge in [0.25, 0.3) is 0 Å². The highest BCUT2D eigenvalue weighted by Crippen LogP contribution is 2.13. The third-order valence-electron chi connectivity index (χ3n) is 2.61. The number of esters is 1. The van der Waals surface area contributed by atoms with E-state index >= 15 is 0 Å². The molecule has 18 heavy (non-hydrogen) atoms. The minimum Gasteiger partial charge on any atom is -0.502 e. The molecule has 0 aliphatic rings. The highest BCUT2D eigenvalue weighted by atomic mass is 16.5. The lowest BCUT2D eigenvalue weighted by atomic mass is 10.1. The van der Waals surface area contributed by atoms with Gasteiger partial charge in [-0.3, -0.25) is 0 Å². The fourth-order valence-corrected chi connectivity index (χ4v) is 1.59. The number of rotatable bonds is 7. The zero-order chi connectivity index (χ0) is 13.2. The molecule has 0 aliphatic heterocycles. The second-order valence-corrected chi connectivity index (χ2v) is 4.10. The SMILES string of the molecule is CCCCCCC(=[C]O)OC(=O)c1ccccc1. The van der Waals surface area contributed by atoms with Crippen molar-refractivity contribution < 1.29 is 14.6 Å². The molecule has 1 rings (SSSR count). The van der Waals surface area contributed by atoms with Crippen LogP contribution in [0.15, 0.2) is 36.1 Å². The third-order valence-corrected chi connectivity index (χ3v) is 2.61. The molecule has 0 aromatic heterocycles. The van der Waals surface area contributed by atoms with Gasteiger partial charge in [-0.05, 0) is 18.6 Å². The van der Waals surface area contributed by atoms with Crippen molar-refractivity contribution in [2.24, 2.45) is 0 Å². The summed E-state index contributed by atoms with van der Waals surface area (Å²) in [7, 11) is 0. The smallest absolute Gasteiger partial charge is 0.343 e. The Bertz CT molecular complexity index is 382. The van der Waals surface area contributed by atoms with Crippen LogP contribution in [0, 0.1) is 6.26 Å². The van der Waals surface area contributed by atoms with E-state index < -0.39 is 5.97 Å². The minimum absolute atomic E-state index is 0.208. The molecule has 0 heterocycles.